The molecule has 0 aliphatic rings. The van der Waals surface area contributed by atoms with Crippen LogP contribution in [0.4, 0.5) is 11.6 Å². The summed E-state index contributed by atoms with van der Waals surface area (Å²) in [6.07, 6.45) is 2.24. The summed E-state index contributed by atoms with van der Waals surface area (Å²) in [6.45, 7) is 4.99. The van der Waals surface area contributed by atoms with Crippen molar-refractivity contribution in [1.82, 2.24) is 24.7 Å². The number of amides is 1. The molecule has 12 nitrogen and oxygen atoms in total. The fourth-order valence-corrected chi connectivity index (χ4v) is 4.93. The van der Waals surface area contributed by atoms with Gasteiger partial charge in [0.25, 0.3) is 15.9 Å². The lowest BCUT2D eigenvalue weighted by molar-refractivity contribution is -0.123. The number of carbonyl (C=O) groups is 2. The summed E-state index contributed by atoms with van der Waals surface area (Å²) in [5, 5.41) is 11.5. The number of benzene rings is 2. The Hall–Kier alpha value is -4.30. The number of nitrogens with one attached hydrogen (secondary N) is 2. The summed E-state index contributed by atoms with van der Waals surface area (Å²) in [5.41, 5.74) is 2.00. The highest BCUT2D eigenvalue weighted by Crippen LogP contribution is 2.21. The smallest absolute Gasteiger partial charge is 0.338 e. The zero-order valence-electron chi connectivity index (χ0n) is 21.4. The molecule has 1 amide bonds. The standard InChI is InChI=1S/C25H25N7O5S2/c1-15-13-14-26-24(27-15)31-39(35,36)21-11-7-19(8-12-21)28-22(33)16(2)37-23(34)18-5-9-20(10-6-18)32-17(3)29-30-25(32)38-4/h5-14,16H,1-4H3,(H,28,33)(H,26,27,31). The second kappa shape index (κ2) is 11.6. The highest BCUT2D eigenvalue weighted by Gasteiger charge is 2.21. The lowest BCUT2D eigenvalue weighted by Gasteiger charge is -2.14. The lowest BCUT2D eigenvalue weighted by Crippen LogP contribution is -2.30. The molecule has 4 rings (SSSR count). The van der Waals surface area contributed by atoms with Crippen LogP contribution >= 0.6 is 11.8 Å². The molecule has 1 unspecified atom stereocenters. The van der Waals surface area contributed by atoms with E-state index < -0.39 is 28.0 Å². The van der Waals surface area contributed by atoms with E-state index in [-0.39, 0.29) is 16.4 Å². The molecule has 0 aliphatic heterocycles. The van der Waals surface area contributed by atoms with Gasteiger partial charge in [0.2, 0.25) is 5.95 Å². The minimum atomic E-state index is -3.93. The number of nitrogens with zero attached hydrogens (tertiary/aromatic N) is 5. The van der Waals surface area contributed by atoms with Crippen LogP contribution in [-0.4, -0.2) is 57.4 Å². The Morgan fingerprint density at radius 3 is 2.33 bits per heavy atom. The van der Waals surface area contributed by atoms with E-state index in [1.54, 1.807) is 37.3 Å². The number of hydrogen-bond acceptors (Lipinski definition) is 10. The van der Waals surface area contributed by atoms with Gasteiger partial charge in [0.05, 0.1) is 10.5 Å². The van der Waals surface area contributed by atoms with Crippen molar-refractivity contribution in [1.29, 1.82) is 0 Å². The molecule has 39 heavy (non-hydrogen) atoms. The number of thioether (sulfide) groups is 1. The number of anilines is 2. The first-order valence-electron chi connectivity index (χ1n) is 11.6. The molecule has 0 saturated heterocycles. The highest BCUT2D eigenvalue weighted by molar-refractivity contribution is 7.98. The minimum Gasteiger partial charge on any atom is -0.449 e. The molecule has 2 aromatic carbocycles. The zero-order valence-corrected chi connectivity index (χ0v) is 23.1. The first-order valence-corrected chi connectivity index (χ1v) is 14.3. The van der Waals surface area contributed by atoms with E-state index in [4.69, 9.17) is 4.74 Å². The van der Waals surface area contributed by atoms with E-state index in [0.29, 0.717) is 17.2 Å². The molecular formula is C25H25N7O5S2. The van der Waals surface area contributed by atoms with Crippen LogP contribution in [0, 0.1) is 13.8 Å². The van der Waals surface area contributed by atoms with Crippen LogP contribution in [-0.2, 0) is 19.6 Å². The van der Waals surface area contributed by atoms with Crippen molar-refractivity contribution >= 4 is 45.3 Å². The Kier molecular flexibility index (Phi) is 8.26. The molecule has 202 valence electrons. The van der Waals surface area contributed by atoms with Gasteiger partial charge in [-0.3, -0.25) is 9.36 Å². The maximum Gasteiger partial charge on any atom is 0.338 e. The summed E-state index contributed by atoms with van der Waals surface area (Å²) in [4.78, 5) is 33.1. The van der Waals surface area contributed by atoms with Crippen LogP contribution in [0.5, 0.6) is 0 Å². The van der Waals surface area contributed by atoms with E-state index >= 15 is 0 Å². The van der Waals surface area contributed by atoms with E-state index in [0.717, 1.165) is 10.8 Å². The largest absolute Gasteiger partial charge is 0.449 e. The molecule has 0 spiro atoms. The number of aryl methyl sites for hydroxylation is 2. The molecule has 14 heteroatoms. The fourth-order valence-electron chi connectivity index (χ4n) is 3.44. The maximum absolute atomic E-state index is 12.6. The SMILES string of the molecule is CSc1nnc(C)n1-c1ccc(C(=O)OC(C)C(=O)Nc2ccc(S(=O)(=O)Nc3nccc(C)n3)cc2)cc1. The first kappa shape index (κ1) is 27.7. The number of rotatable bonds is 9. The third kappa shape index (κ3) is 6.59. The van der Waals surface area contributed by atoms with Crippen molar-refractivity contribution in [2.24, 2.45) is 0 Å². The Labute approximate surface area is 229 Å². The number of carbonyl (C=O) groups excluding carboxylic acids is 2. The molecule has 0 fully saturated rings. The van der Waals surface area contributed by atoms with Crippen molar-refractivity contribution in [3.05, 3.63) is 77.9 Å². The Morgan fingerprint density at radius 1 is 1.00 bits per heavy atom. The van der Waals surface area contributed by atoms with Crippen molar-refractivity contribution in [2.75, 3.05) is 16.3 Å². The summed E-state index contributed by atoms with van der Waals surface area (Å²) in [6, 6.07) is 13.8. The molecule has 0 aliphatic carbocycles. The van der Waals surface area contributed by atoms with Gasteiger partial charge in [0.1, 0.15) is 5.82 Å². The molecule has 4 aromatic rings. The molecule has 1 atom stereocenters. The number of sulfonamides is 1. The lowest BCUT2D eigenvalue weighted by atomic mass is 10.2. The molecule has 0 bridgehead atoms. The molecule has 0 saturated carbocycles. The number of aromatic nitrogens is 5. The zero-order chi connectivity index (χ0) is 28.2. The topological polar surface area (TPSA) is 158 Å². The van der Waals surface area contributed by atoms with E-state index in [1.165, 1.54) is 49.1 Å². The van der Waals surface area contributed by atoms with Crippen LogP contribution in [0.15, 0.2) is 70.8 Å². The minimum absolute atomic E-state index is 0.0418. The number of hydrogen-bond donors (Lipinski definition) is 2. The molecule has 2 N–H and O–H groups in total. The van der Waals surface area contributed by atoms with Gasteiger partial charge >= 0.3 is 5.97 Å². The summed E-state index contributed by atoms with van der Waals surface area (Å²) >= 11 is 1.45. The van der Waals surface area contributed by atoms with Crippen molar-refractivity contribution in [2.45, 2.75) is 36.9 Å². The van der Waals surface area contributed by atoms with Gasteiger partial charge in [0, 0.05) is 23.3 Å². The fraction of sp³-hybridized carbons (Fsp3) is 0.200. The molecule has 2 heterocycles. The predicted octanol–water partition coefficient (Wildman–Crippen LogP) is 3.38. The summed E-state index contributed by atoms with van der Waals surface area (Å²) in [7, 11) is -3.93. The summed E-state index contributed by atoms with van der Waals surface area (Å²) in [5.74, 6) is -0.578. The van der Waals surface area contributed by atoms with Gasteiger partial charge in [-0.15, -0.1) is 10.2 Å². The van der Waals surface area contributed by atoms with Crippen molar-refractivity contribution in [3.8, 4) is 5.69 Å². The molecule has 2 aromatic heterocycles. The average molecular weight is 568 g/mol. The van der Waals surface area contributed by atoms with Gasteiger partial charge in [-0.2, -0.15) is 0 Å². The number of ether oxygens (including phenoxy) is 1. The second-order valence-electron chi connectivity index (χ2n) is 8.30. The van der Waals surface area contributed by atoms with Crippen LogP contribution < -0.4 is 10.0 Å². The highest BCUT2D eigenvalue weighted by atomic mass is 32.2. The normalized spacial score (nSPS) is 12.0. The van der Waals surface area contributed by atoms with Crippen molar-refractivity contribution in [3.63, 3.8) is 0 Å². The summed E-state index contributed by atoms with van der Waals surface area (Å²) < 4.78 is 34.7. The van der Waals surface area contributed by atoms with Gasteiger partial charge in [-0.25, -0.2) is 27.9 Å². The van der Waals surface area contributed by atoms with Crippen LogP contribution in [0.25, 0.3) is 5.69 Å². The van der Waals surface area contributed by atoms with Crippen molar-refractivity contribution < 1.29 is 22.7 Å². The Morgan fingerprint density at radius 2 is 1.69 bits per heavy atom. The monoisotopic (exact) mass is 567 g/mol. The first-order chi connectivity index (χ1) is 18.6. The number of esters is 1. The van der Waals surface area contributed by atoms with E-state index in [1.807, 2.05) is 17.7 Å². The van der Waals surface area contributed by atoms with Gasteiger partial charge in [0.15, 0.2) is 11.3 Å². The molecular weight excluding hydrogens is 542 g/mol. The van der Waals surface area contributed by atoms with Crippen LogP contribution in [0.3, 0.4) is 0 Å². The third-order valence-corrected chi connectivity index (χ3v) is 7.42. The molecule has 0 radical (unpaired) electrons. The van der Waals surface area contributed by atoms with Gasteiger partial charge in [-0.1, -0.05) is 11.8 Å². The third-order valence-electron chi connectivity index (χ3n) is 5.44. The van der Waals surface area contributed by atoms with Crippen LogP contribution in [0.2, 0.25) is 0 Å². The Balaban J connectivity index is 1.35. The Bertz CT molecular complexity index is 1600. The second-order valence-corrected chi connectivity index (χ2v) is 10.8. The van der Waals surface area contributed by atoms with E-state index in [2.05, 4.69) is 30.2 Å². The quantitative estimate of drug-likeness (QED) is 0.227. The van der Waals surface area contributed by atoms with E-state index in [9.17, 15) is 18.0 Å². The predicted molar refractivity (Wildman–Crippen MR) is 145 cm³/mol. The van der Waals surface area contributed by atoms with Gasteiger partial charge < -0.3 is 10.1 Å². The average Bonchev–Trinajstić information content (AvgIpc) is 3.29. The van der Waals surface area contributed by atoms with Gasteiger partial charge in [-0.05, 0) is 81.6 Å². The van der Waals surface area contributed by atoms with Crippen LogP contribution in [0.1, 0.15) is 28.8 Å². The maximum atomic E-state index is 12.6.